The summed E-state index contributed by atoms with van der Waals surface area (Å²) in [5.74, 6) is 0.0931. The van der Waals surface area contributed by atoms with Crippen molar-refractivity contribution in [1.29, 1.82) is 0 Å². The van der Waals surface area contributed by atoms with Gasteiger partial charge in [-0.2, -0.15) is 0 Å². The molecule has 4 nitrogen and oxygen atoms in total. The average molecular weight is 303 g/mol. The molecule has 1 heterocycles. The van der Waals surface area contributed by atoms with Gasteiger partial charge < -0.3 is 4.90 Å². The van der Waals surface area contributed by atoms with E-state index in [9.17, 15) is 4.79 Å². The van der Waals surface area contributed by atoms with Gasteiger partial charge in [0.25, 0.3) is 0 Å². The van der Waals surface area contributed by atoms with E-state index in [4.69, 9.17) is 0 Å². The number of rotatable bonds is 4. The number of aromatic nitrogens is 2. The molecule has 0 spiro atoms. The normalized spacial score (nSPS) is 12.2. The first kappa shape index (κ1) is 15.6. The van der Waals surface area contributed by atoms with Gasteiger partial charge >= 0.3 is 0 Å². The minimum atomic E-state index is -0.161. The lowest BCUT2D eigenvalue weighted by Crippen LogP contribution is -2.29. The van der Waals surface area contributed by atoms with Crippen LogP contribution in [0.25, 0.3) is 5.69 Å². The number of hydrogen-bond acceptors (Lipinski definition) is 3. The number of carbonyl (C=O) groups excluding carboxylic acids is 1. The standard InChI is InChI=1S/C16H21N3OS/c1-11-6-7-12(2)14(10-11)19-9-8-17-16(19)21-13(3)15(20)18(4)5/h6-10,13H,1-5H3. The van der Waals surface area contributed by atoms with Crippen LogP contribution in [0.4, 0.5) is 0 Å². The van der Waals surface area contributed by atoms with Gasteiger partial charge in [0.1, 0.15) is 0 Å². The molecule has 1 atom stereocenters. The predicted molar refractivity (Wildman–Crippen MR) is 87.1 cm³/mol. The highest BCUT2D eigenvalue weighted by atomic mass is 32.2. The molecule has 0 aliphatic rings. The summed E-state index contributed by atoms with van der Waals surface area (Å²) in [4.78, 5) is 18.0. The minimum absolute atomic E-state index is 0.0931. The van der Waals surface area contributed by atoms with E-state index >= 15 is 0 Å². The maximum absolute atomic E-state index is 12.0. The Morgan fingerprint density at radius 1 is 1.33 bits per heavy atom. The number of amides is 1. The number of carbonyl (C=O) groups is 1. The molecule has 0 N–H and O–H groups in total. The molecule has 0 aliphatic carbocycles. The molecule has 0 bridgehead atoms. The highest BCUT2D eigenvalue weighted by molar-refractivity contribution is 8.00. The Labute approximate surface area is 130 Å². The van der Waals surface area contributed by atoms with Crippen molar-refractivity contribution in [2.24, 2.45) is 0 Å². The molecule has 2 rings (SSSR count). The number of benzene rings is 1. The fourth-order valence-corrected chi connectivity index (χ4v) is 3.13. The number of imidazole rings is 1. The zero-order valence-electron chi connectivity index (χ0n) is 13.1. The second-order valence-corrected chi connectivity index (χ2v) is 6.67. The third-order valence-corrected chi connectivity index (χ3v) is 4.37. The molecule has 0 saturated heterocycles. The summed E-state index contributed by atoms with van der Waals surface area (Å²) in [5, 5.41) is 0.678. The Morgan fingerprint density at radius 2 is 2.05 bits per heavy atom. The van der Waals surface area contributed by atoms with Crippen LogP contribution >= 0.6 is 11.8 Å². The molecule has 112 valence electrons. The van der Waals surface area contributed by atoms with Crippen molar-refractivity contribution >= 4 is 17.7 Å². The largest absolute Gasteiger partial charge is 0.348 e. The van der Waals surface area contributed by atoms with Gasteiger partial charge in [-0.3, -0.25) is 9.36 Å². The van der Waals surface area contributed by atoms with Crippen LogP contribution in [0.2, 0.25) is 0 Å². The molecule has 2 aromatic rings. The third kappa shape index (κ3) is 3.47. The number of nitrogens with zero attached hydrogens (tertiary/aromatic N) is 3. The zero-order valence-corrected chi connectivity index (χ0v) is 13.9. The molecule has 0 saturated carbocycles. The highest BCUT2D eigenvalue weighted by Gasteiger charge is 2.19. The molecule has 1 aromatic heterocycles. The minimum Gasteiger partial charge on any atom is -0.348 e. The van der Waals surface area contributed by atoms with Crippen LogP contribution < -0.4 is 0 Å². The Hall–Kier alpha value is -1.75. The lowest BCUT2D eigenvalue weighted by molar-refractivity contribution is -0.127. The van der Waals surface area contributed by atoms with Crippen molar-refractivity contribution in [2.75, 3.05) is 14.1 Å². The zero-order chi connectivity index (χ0) is 15.6. The summed E-state index contributed by atoms with van der Waals surface area (Å²) < 4.78 is 2.05. The van der Waals surface area contributed by atoms with Crippen molar-refractivity contribution in [3.8, 4) is 5.69 Å². The monoisotopic (exact) mass is 303 g/mol. The Kier molecular flexibility index (Phi) is 4.73. The maximum Gasteiger partial charge on any atom is 0.235 e. The Bertz CT molecular complexity index is 649. The Morgan fingerprint density at radius 3 is 2.71 bits per heavy atom. The lowest BCUT2D eigenvalue weighted by atomic mass is 10.1. The lowest BCUT2D eigenvalue weighted by Gasteiger charge is -2.17. The van der Waals surface area contributed by atoms with Crippen molar-refractivity contribution in [1.82, 2.24) is 14.5 Å². The van der Waals surface area contributed by atoms with Crippen molar-refractivity contribution in [3.05, 3.63) is 41.7 Å². The van der Waals surface area contributed by atoms with E-state index in [1.807, 2.05) is 17.7 Å². The second-order valence-electron chi connectivity index (χ2n) is 5.36. The summed E-state index contributed by atoms with van der Waals surface area (Å²) in [5.41, 5.74) is 3.50. The number of hydrogen-bond donors (Lipinski definition) is 0. The molecular weight excluding hydrogens is 282 g/mol. The molecule has 1 unspecified atom stereocenters. The van der Waals surface area contributed by atoms with E-state index in [0.29, 0.717) is 0 Å². The van der Waals surface area contributed by atoms with Gasteiger partial charge in [-0.1, -0.05) is 23.9 Å². The first-order chi connectivity index (χ1) is 9.90. The van der Waals surface area contributed by atoms with Crippen LogP contribution in [0.15, 0.2) is 35.7 Å². The fourth-order valence-electron chi connectivity index (χ4n) is 2.11. The van der Waals surface area contributed by atoms with E-state index in [2.05, 4.69) is 37.0 Å². The van der Waals surface area contributed by atoms with Gasteiger partial charge in [0.2, 0.25) is 5.91 Å². The molecule has 0 radical (unpaired) electrons. The van der Waals surface area contributed by atoms with Crippen LogP contribution in [0.3, 0.4) is 0 Å². The summed E-state index contributed by atoms with van der Waals surface area (Å²) in [6.07, 6.45) is 3.72. The molecular formula is C16H21N3OS. The summed E-state index contributed by atoms with van der Waals surface area (Å²) >= 11 is 1.48. The first-order valence-electron chi connectivity index (χ1n) is 6.89. The summed E-state index contributed by atoms with van der Waals surface area (Å²) in [6.45, 7) is 6.07. The first-order valence-corrected chi connectivity index (χ1v) is 7.77. The maximum atomic E-state index is 12.0. The van der Waals surface area contributed by atoms with Crippen molar-refractivity contribution < 1.29 is 4.79 Å². The van der Waals surface area contributed by atoms with Crippen LogP contribution in [-0.2, 0) is 4.79 Å². The SMILES string of the molecule is Cc1ccc(C)c(-n2ccnc2SC(C)C(=O)N(C)C)c1. The van der Waals surface area contributed by atoms with E-state index in [1.54, 1.807) is 25.2 Å². The van der Waals surface area contributed by atoms with E-state index < -0.39 is 0 Å². The van der Waals surface area contributed by atoms with Crippen molar-refractivity contribution in [3.63, 3.8) is 0 Å². The number of thioether (sulfide) groups is 1. The third-order valence-electron chi connectivity index (χ3n) is 3.30. The molecule has 0 aliphatic heterocycles. The molecule has 5 heteroatoms. The summed E-state index contributed by atoms with van der Waals surface area (Å²) in [6, 6.07) is 6.34. The molecule has 21 heavy (non-hydrogen) atoms. The summed E-state index contributed by atoms with van der Waals surface area (Å²) in [7, 11) is 3.55. The van der Waals surface area contributed by atoms with E-state index in [0.717, 1.165) is 10.8 Å². The van der Waals surface area contributed by atoms with Gasteiger partial charge in [0.15, 0.2) is 5.16 Å². The topological polar surface area (TPSA) is 38.1 Å². The predicted octanol–water partition coefficient (Wildman–Crippen LogP) is 3.06. The fraction of sp³-hybridized carbons (Fsp3) is 0.375. The van der Waals surface area contributed by atoms with Gasteiger partial charge in [-0.05, 0) is 38.0 Å². The molecule has 1 amide bonds. The van der Waals surface area contributed by atoms with E-state index in [1.165, 1.54) is 22.9 Å². The Balaban J connectivity index is 2.31. The van der Waals surface area contributed by atoms with Gasteiger partial charge in [-0.25, -0.2) is 4.98 Å². The van der Waals surface area contributed by atoms with Gasteiger partial charge in [0.05, 0.1) is 10.9 Å². The average Bonchev–Trinajstić information content (AvgIpc) is 2.88. The van der Waals surface area contributed by atoms with Crippen LogP contribution in [-0.4, -0.2) is 39.7 Å². The van der Waals surface area contributed by atoms with Crippen LogP contribution in [0, 0.1) is 13.8 Å². The quantitative estimate of drug-likeness (QED) is 0.815. The van der Waals surface area contributed by atoms with Crippen molar-refractivity contribution in [2.45, 2.75) is 31.2 Å². The van der Waals surface area contributed by atoms with Crippen LogP contribution in [0.5, 0.6) is 0 Å². The van der Waals surface area contributed by atoms with E-state index in [-0.39, 0.29) is 11.2 Å². The number of aryl methyl sites for hydroxylation is 2. The van der Waals surface area contributed by atoms with Gasteiger partial charge in [-0.15, -0.1) is 0 Å². The van der Waals surface area contributed by atoms with Crippen LogP contribution in [0.1, 0.15) is 18.1 Å². The smallest absolute Gasteiger partial charge is 0.235 e. The second kappa shape index (κ2) is 6.35. The highest BCUT2D eigenvalue weighted by Crippen LogP contribution is 2.27. The van der Waals surface area contributed by atoms with Gasteiger partial charge in [0, 0.05) is 26.5 Å². The molecule has 1 aromatic carbocycles. The molecule has 0 fully saturated rings.